The number of hydrogen-bond donors (Lipinski definition) is 2. The maximum Gasteiger partial charge on any atom is 0.455 e. The second-order valence-electron chi connectivity index (χ2n) is 11.7. The van der Waals surface area contributed by atoms with Gasteiger partial charge < -0.3 is 15.4 Å². The minimum absolute atomic E-state index is 0.0116. The van der Waals surface area contributed by atoms with Crippen LogP contribution in [0.2, 0.25) is 5.02 Å². The van der Waals surface area contributed by atoms with Crippen molar-refractivity contribution in [3.63, 3.8) is 0 Å². The molecule has 46 heavy (non-hydrogen) atoms. The van der Waals surface area contributed by atoms with Crippen molar-refractivity contribution in [1.29, 1.82) is 0 Å². The molecule has 0 saturated heterocycles. The maximum atomic E-state index is 13.9. The summed E-state index contributed by atoms with van der Waals surface area (Å²) in [5.74, 6) is -3.28. The van der Waals surface area contributed by atoms with Gasteiger partial charge in [0.1, 0.15) is 18.3 Å². The summed E-state index contributed by atoms with van der Waals surface area (Å²) in [5.41, 5.74) is -0.0362. The molecular formula is C29H29ClF3N9O4. The fourth-order valence-corrected chi connectivity index (χ4v) is 4.68. The SMILES string of the molecule is Cc1cc(C(=O)OC2CCC2)cc(C(=O)NC(C)(C)C)c1NC(=O)c1cc(Cn2nnc(C(F)(F)F)n2)nn1-c1ncccc1Cl. The van der Waals surface area contributed by atoms with Crippen molar-refractivity contribution in [1.82, 2.24) is 40.3 Å². The summed E-state index contributed by atoms with van der Waals surface area (Å²) in [5, 5.41) is 19.8. The van der Waals surface area contributed by atoms with E-state index in [2.05, 4.69) is 36.1 Å². The Kier molecular flexibility index (Phi) is 8.84. The van der Waals surface area contributed by atoms with Gasteiger partial charge in [-0.1, -0.05) is 11.6 Å². The molecule has 0 aliphatic heterocycles. The summed E-state index contributed by atoms with van der Waals surface area (Å²) >= 11 is 6.35. The molecule has 0 unspecified atom stereocenters. The Morgan fingerprint density at radius 1 is 1.09 bits per heavy atom. The molecule has 1 aliphatic rings. The standard InChI is InChI=1S/C29H29ClF3N9O4/c1-15-11-16(26(45)46-18-7-5-8-18)12-19(24(43)36-28(2,3)4)22(15)35-25(44)21-13-17(14-41-39-27(37-40-41)29(31,32)33)38-42(21)23-20(30)9-6-10-34-23/h6,9-13,18H,5,7-8,14H2,1-4H3,(H,35,44)(H,36,43). The number of amides is 2. The lowest BCUT2D eigenvalue weighted by molar-refractivity contribution is -0.145. The minimum atomic E-state index is -4.80. The van der Waals surface area contributed by atoms with Crippen LogP contribution in [0.4, 0.5) is 18.9 Å². The number of esters is 1. The highest BCUT2D eigenvalue weighted by atomic mass is 35.5. The number of alkyl halides is 3. The van der Waals surface area contributed by atoms with Gasteiger partial charge in [0.25, 0.3) is 17.6 Å². The van der Waals surface area contributed by atoms with Crippen molar-refractivity contribution in [2.45, 2.75) is 71.3 Å². The molecule has 0 atom stereocenters. The maximum absolute atomic E-state index is 13.9. The summed E-state index contributed by atoms with van der Waals surface area (Å²) in [6, 6.07) is 7.25. The number of halogens is 4. The van der Waals surface area contributed by atoms with Crippen molar-refractivity contribution in [2.24, 2.45) is 0 Å². The van der Waals surface area contributed by atoms with E-state index in [9.17, 15) is 27.6 Å². The van der Waals surface area contributed by atoms with Crippen LogP contribution < -0.4 is 10.6 Å². The molecule has 1 saturated carbocycles. The smallest absolute Gasteiger partial charge is 0.455 e. The Morgan fingerprint density at radius 3 is 2.43 bits per heavy atom. The van der Waals surface area contributed by atoms with E-state index in [1.165, 1.54) is 30.5 Å². The molecule has 1 aliphatic carbocycles. The van der Waals surface area contributed by atoms with Gasteiger partial charge in [0.05, 0.1) is 27.5 Å². The number of ether oxygens (including phenoxy) is 1. The number of nitrogens with one attached hydrogen (secondary N) is 2. The molecule has 1 aromatic carbocycles. The van der Waals surface area contributed by atoms with Gasteiger partial charge in [0, 0.05) is 11.7 Å². The third-order valence-electron chi connectivity index (χ3n) is 6.81. The van der Waals surface area contributed by atoms with Crippen LogP contribution in [0.3, 0.4) is 0 Å². The van der Waals surface area contributed by atoms with Gasteiger partial charge in [-0.25, -0.2) is 14.5 Å². The third kappa shape index (κ3) is 7.33. The van der Waals surface area contributed by atoms with Gasteiger partial charge in [0.2, 0.25) is 0 Å². The van der Waals surface area contributed by atoms with E-state index in [0.29, 0.717) is 10.4 Å². The monoisotopic (exact) mass is 659 g/mol. The normalized spacial score (nSPS) is 13.7. The van der Waals surface area contributed by atoms with Crippen molar-refractivity contribution < 1.29 is 32.3 Å². The number of anilines is 1. The molecule has 3 aromatic heterocycles. The van der Waals surface area contributed by atoms with Gasteiger partial charge in [-0.05, 0) is 88.1 Å². The van der Waals surface area contributed by atoms with Crippen LogP contribution in [0.15, 0.2) is 36.5 Å². The molecule has 2 amide bonds. The number of benzene rings is 1. The number of nitrogens with zero attached hydrogens (tertiary/aromatic N) is 7. The molecule has 2 N–H and O–H groups in total. The van der Waals surface area contributed by atoms with Crippen LogP contribution in [0.25, 0.3) is 5.82 Å². The largest absolute Gasteiger partial charge is 0.459 e. The predicted octanol–water partition coefficient (Wildman–Crippen LogP) is 4.77. The van der Waals surface area contributed by atoms with E-state index in [1.54, 1.807) is 33.8 Å². The second-order valence-corrected chi connectivity index (χ2v) is 12.1. The van der Waals surface area contributed by atoms with Crippen LogP contribution in [-0.4, -0.2) is 64.4 Å². The van der Waals surface area contributed by atoms with Crippen LogP contribution >= 0.6 is 11.6 Å². The summed E-state index contributed by atoms with van der Waals surface area (Å²) in [6.45, 7) is 6.59. The highest BCUT2D eigenvalue weighted by Crippen LogP contribution is 2.29. The Morgan fingerprint density at radius 2 is 1.83 bits per heavy atom. The van der Waals surface area contributed by atoms with Crippen LogP contribution in [0, 0.1) is 6.92 Å². The van der Waals surface area contributed by atoms with Crippen molar-refractivity contribution in [2.75, 3.05) is 5.32 Å². The van der Waals surface area contributed by atoms with Crippen LogP contribution in [-0.2, 0) is 17.5 Å². The van der Waals surface area contributed by atoms with Gasteiger partial charge in [0.15, 0.2) is 5.82 Å². The van der Waals surface area contributed by atoms with E-state index < -0.39 is 35.3 Å². The van der Waals surface area contributed by atoms with E-state index >= 15 is 0 Å². The number of hydrogen-bond acceptors (Lipinski definition) is 9. The fourth-order valence-electron chi connectivity index (χ4n) is 4.48. The first-order chi connectivity index (χ1) is 21.6. The first kappa shape index (κ1) is 32.5. The molecule has 0 radical (unpaired) electrons. The van der Waals surface area contributed by atoms with E-state index in [0.717, 1.165) is 23.9 Å². The average molecular weight is 660 g/mol. The number of aromatic nitrogens is 7. The Labute approximate surface area is 265 Å². The van der Waals surface area contributed by atoms with Gasteiger partial charge >= 0.3 is 12.1 Å². The molecule has 4 aromatic rings. The third-order valence-corrected chi connectivity index (χ3v) is 7.11. The lowest BCUT2D eigenvalue weighted by Crippen LogP contribution is -2.41. The number of carbonyl (C=O) groups is 3. The number of tetrazole rings is 1. The zero-order valence-corrected chi connectivity index (χ0v) is 25.9. The average Bonchev–Trinajstić information content (AvgIpc) is 3.58. The summed E-state index contributed by atoms with van der Waals surface area (Å²) in [7, 11) is 0. The van der Waals surface area contributed by atoms with E-state index in [1.807, 2.05) is 0 Å². The molecule has 0 spiro atoms. The number of pyridine rings is 1. The Bertz CT molecular complexity index is 1810. The summed E-state index contributed by atoms with van der Waals surface area (Å²) in [6.07, 6.45) is -1.07. The van der Waals surface area contributed by atoms with E-state index in [-0.39, 0.29) is 51.7 Å². The predicted molar refractivity (Wildman–Crippen MR) is 158 cm³/mol. The minimum Gasteiger partial charge on any atom is -0.459 e. The summed E-state index contributed by atoms with van der Waals surface area (Å²) in [4.78, 5) is 45.1. The molecule has 5 rings (SSSR count). The lowest BCUT2D eigenvalue weighted by Gasteiger charge is -2.26. The Balaban J connectivity index is 1.52. The van der Waals surface area contributed by atoms with Crippen molar-refractivity contribution in [3.05, 3.63) is 75.5 Å². The highest BCUT2D eigenvalue weighted by Gasteiger charge is 2.37. The molecular weight excluding hydrogens is 631 g/mol. The molecule has 0 bridgehead atoms. The lowest BCUT2D eigenvalue weighted by atomic mass is 9.96. The molecule has 1 fully saturated rings. The molecule has 3 heterocycles. The second kappa shape index (κ2) is 12.5. The van der Waals surface area contributed by atoms with E-state index in [4.69, 9.17) is 16.3 Å². The zero-order valence-electron chi connectivity index (χ0n) is 25.1. The first-order valence-electron chi connectivity index (χ1n) is 14.1. The Hall–Kier alpha value is -4.86. The number of rotatable bonds is 8. The fraction of sp³-hybridized carbons (Fsp3) is 0.379. The van der Waals surface area contributed by atoms with Gasteiger partial charge in [-0.15, -0.1) is 10.2 Å². The molecule has 17 heteroatoms. The number of aryl methyl sites for hydroxylation is 1. The topological polar surface area (TPSA) is 159 Å². The highest BCUT2D eigenvalue weighted by molar-refractivity contribution is 6.32. The van der Waals surface area contributed by atoms with Crippen LogP contribution in [0.5, 0.6) is 0 Å². The van der Waals surface area contributed by atoms with Gasteiger partial charge in [-0.3, -0.25) is 9.59 Å². The molecule has 242 valence electrons. The van der Waals surface area contributed by atoms with Crippen molar-refractivity contribution >= 4 is 35.1 Å². The van der Waals surface area contributed by atoms with Gasteiger partial charge in [-0.2, -0.15) is 23.1 Å². The molecule has 13 nitrogen and oxygen atoms in total. The number of carbonyl (C=O) groups excluding carboxylic acids is 3. The van der Waals surface area contributed by atoms with Crippen molar-refractivity contribution in [3.8, 4) is 5.82 Å². The quantitative estimate of drug-likeness (QED) is 0.254. The zero-order chi connectivity index (χ0) is 33.4. The van der Waals surface area contributed by atoms with Crippen LogP contribution in [0.1, 0.15) is 88.3 Å². The first-order valence-corrected chi connectivity index (χ1v) is 14.5. The summed E-state index contributed by atoms with van der Waals surface area (Å²) < 4.78 is 45.7.